The van der Waals surface area contributed by atoms with Gasteiger partial charge < -0.3 is 4.74 Å². The molecule has 0 N–H and O–H groups in total. The Bertz CT molecular complexity index is 438. The first-order valence-corrected chi connectivity index (χ1v) is 6.94. The van der Waals surface area contributed by atoms with Crippen LogP contribution in [-0.2, 0) is 14.9 Å². The molecule has 3 heteroatoms. The first-order chi connectivity index (χ1) is 8.71. The van der Waals surface area contributed by atoms with E-state index in [1.165, 1.54) is 5.56 Å². The Labute approximate surface area is 112 Å². The average Bonchev–Trinajstić information content (AvgIpc) is 2.32. The molecule has 1 aromatic carbocycles. The fourth-order valence-corrected chi connectivity index (χ4v) is 3.36. The molecule has 2 nitrogen and oxygen atoms in total. The van der Waals surface area contributed by atoms with E-state index < -0.39 is 0 Å². The van der Waals surface area contributed by atoms with Crippen LogP contribution >= 0.6 is 11.6 Å². The number of benzene rings is 1. The summed E-state index contributed by atoms with van der Waals surface area (Å²) in [5.41, 5.74) is 1.45. The van der Waals surface area contributed by atoms with Gasteiger partial charge in [0, 0.05) is 23.3 Å². The molecule has 1 heterocycles. The lowest BCUT2D eigenvalue weighted by Gasteiger charge is -2.49. The maximum atomic E-state index is 11.4. The van der Waals surface area contributed by atoms with Crippen molar-refractivity contribution in [2.24, 2.45) is 5.92 Å². The highest BCUT2D eigenvalue weighted by molar-refractivity contribution is 6.30. The van der Waals surface area contributed by atoms with E-state index in [4.69, 9.17) is 16.3 Å². The van der Waals surface area contributed by atoms with E-state index in [1.54, 1.807) is 0 Å². The minimum atomic E-state index is 0.130. The van der Waals surface area contributed by atoms with Crippen molar-refractivity contribution in [2.45, 2.75) is 31.1 Å². The van der Waals surface area contributed by atoms with Gasteiger partial charge in [-0.05, 0) is 36.5 Å². The lowest BCUT2D eigenvalue weighted by molar-refractivity contribution is -0.127. The highest BCUT2D eigenvalue weighted by Gasteiger charge is 2.47. The van der Waals surface area contributed by atoms with Crippen LogP contribution in [0.1, 0.15) is 31.2 Å². The van der Waals surface area contributed by atoms with Gasteiger partial charge in [0.1, 0.15) is 5.78 Å². The van der Waals surface area contributed by atoms with Gasteiger partial charge in [-0.3, -0.25) is 4.79 Å². The number of rotatable bonds is 2. The molecule has 2 fully saturated rings. The molecule has 0 amide bonds. The number of halogens is 1. The molecule has 18 heavy (non-hydrogen) atoms. The molecular weight excluding hydrogens is 248 g/mol. The minimum absolute atomic E-state index is 0.130. The van der Waals surface area contributed by atoms with Crippen LogP contribution in [0.4, 0.5) is 0 Å². The number of carbonyl (C=O) groups is 1. The first-order valence-electron chi connectivity index (χ1n) is 6.56. The summed E-state index contributed by atoms with van der Waals surface area (Å²) in [4.78, 5) is 11.4. The van der Waals surface area contributed by atoms with Crippen molar-refractivity contribution in [3.8, 4) is 0 Å². The lowest BCUT2D eigenvalue weighted by atomic mass is 9.63. The van der Waals surface area contributed by atoms with Gasteiger partial charge in [0.25, 0.3) is 0 Å². The Kier molecular flexibility index (Phi) is 3.16. The number of carbonyl (C=O) groups excluding carboxylic acids is 1. The van der Waals surface area contributed by atoms with Gasteiger partial charge in [-0.25, -0.2) is 0 Å². The van der Waals surface area contributed by atoms with E-state index in [1.807, 2.05) is 12.1 Å². The van der Waals surface area contributed by atoms with Crippen LogP contribution in [0, 0.1) is 5.92 Å². The van der Waals surface area contributed by atoms with Crippen LogP contribution in [0.2, 0.25) is 5.02 Å². The van der Waals surface area contributed by atoms with E-state index in [2.05, 4.69) is 12.1 Å². The highest BCUT2D eigenvalue weighted by atomic mass is 35.5. The van der Waals surface area contributed by atoms with Crippen LogP contribution in [0.15, 0.2) is 24.3 Å². The van der Waals surface area contributed by atoms with Crippen LogP contribution < -0.4 is 0 Å². The highest BCUT2D eigenvalue weighted by Crippen LogP contribution is 2.45. The molecule has 0 unspecified atom stereocenters. The number of hydrogen-bond acceptors (Lipinski definition) is 2. The number of Topliss-reactive ketones (excluding diaryl/α,β-unsaturated/α-hetero) is 1. The number of hydrogen-bond donors (Lipinski definition) is 0. The average molecular weight is 265 g/mol. The predicted molar refractivity (Wildman–Crippen MR) is 70.9 cm³/mol. The molecule has 0 bridgehead atoms. The molecule has 3 rings (SSSR count). The van der Waals surface area contributed by atoms with Gasteiger partial charge in [0.05, 0.1) is 13.2 Å². The first kappa shape index (κ1) is 12.2. The van der Waals surface area contributed by atoms with Gasteiger partial charge in [-0.2, -0.15) is 0 Å². The van der Waals surface area contributed by atoms with Crippen LogP contribution in [0.3, 0.4) is 0 Å². The summed E-state index contributed by atoms with van der Waals surface area (Å²) in [5, 5.41) is 0.771. The van der Waals surface area contributed by atoms with Gasteiger partial charge in [-0.1, -0.05) is 23.7 Å². The summed E-state index contributed by atoms with van der Waals surface area (Å²) in [6, 6.07) is 8.12. The fourth-order valence-electron chi connectivity index (χ4n) is 3.23. The molecule has 1 aliphatic heterocycles. The van der Waals surface area contributed by atoms with E-state index in [-0.39, 0.29) is 5.41 Å². The number of ketones is 1. The molecule has 1 aliphatic carbocycles. The minimum Gasteiger partial charge on any atom is -0.379 e. The van der Waals surface area contributed by atoms with Crippen molar-refractivity contribution in [1.82, 2.24) is 0 Å². The molecular formula is C15H17ClO2. The number of ether oxygens (including phenoxy) is 1. The maximum absolute atomic E-state index is 11.4. The van der Waals surface area contributed by atoms with Crippen molar-refractivity contribution in [3.05, 3.63) is 34.9 Å². The molecule has 0 atom stereocenters. The summed E-state index contributed by atoms with van der Waals surface area (Å²) >= 11 is 5.95. The molecule has 0 radical (unpaired) electrons. The van der Waals surface area contributed by atoms with Gasteiger partial charge in [0.2, 0.25) is 0 Å². The Morgan fingerprint density at radius 1 is 1.11 bits per heavy atom. The van der Waals surface area contributed by atoms with Crippen LogP contribution in [0.25, 0.3) is 0 Å². The Balaban J connectivity index is 1.85. The molecule has 1 saturated heterocycles. The second-order valence-corrected chi connectivity index (χ2v) is 5.91. The lowest BCUT2D eigenvalue weighted by Crippen LogP contribution is -2.53. The van der Waals surface area contributed by atoms with Crippen LogP contribution in [0.5, 0.6) is 0 Å². The second-order valence-electron chi connectivity index (χ2n) is 5.47. The van der Waals surface area contributed by atoms with E-state index in [0.717, 1.165) is 43.9 Å². The SMILES string of the molecule is O=C1CCC(C2(c3ccc(Cl)cc3)COC2)CC1. The Morgan fingerprint density at radius 3 is 2.22 bits per heavy atom. The third kappa shape index (κ3) is 1.98. The predicted octanol–water partition coefficient (Wildman–Crippen LogP) is 3.37. The van der Waals surface area contributed by atoms with E-state index in [0.29, 0.717) is 11.7 Å². The molecule has 0 aromatic heterocycles. The van der Waals surface area contributed by atoms with Crippen LogP contribution in [-0.4, -0.2) is 19.0 Å². The van der Waals surface area contributed by atoms with Crippen molar-refractivity contribution in [2.75, 3.05) is 13.2 Å². The zero-order valence-corrected chi connectivity index (χ0v) is 11.1. The Morgan fingerprint density at radius 2 is 1.72 bits per heavy atom. The maximum Gasteiger partial charge on any atom is 0.132 e. The smallest absolute Gasteiger partial charge is 0.132 e. The molecule has 0 spiro atoms. The van der Waals surface area contributed by atoms with Crippen molar-refractivity contribution < 1.29 is 9.53 Å². The summed E-state index contributed by atoms with van der Waals surface area (Å²) in [6.45, 7) is 1.57. The molecule has 1 saturated carbocycles. The monoisotopic (exact) mass is 264 g/mol. The van der Waals surface area contributed by atoms with Crippen molar-refractivity contribution >= 4 is 17.4 Å². The van der Waals surface area contributed by atoms with Crippen molar-refractivity contribution in [3.63, 3.8) is 0 Å². The molecule has 2 aliphatic rings. The third-order valence-electron chi connectivity index (χ3n) is 4.46. The standard InChI is InChI=1S/C15H17ClO2/c16-13-5-1-11(2-6-13)15(9-18-10-15)12-3-7-14(17)8-4-12/h1-2,5-6,12H,3-4,7-10H2. The zero-order valence-electron chi connectivity index (χ0n) is 10.3. The second kappa shape index (κ2) is 4.67. The summed E-state index contributed by atoms with van der Waals surface area (Å²) in [6.07, 6.45) is 3.48. The topological polar surface area (TPSA) is 26.3 Å². The normalized spacial score (nSPS) is 23.7. The summed E-state index contributed by atoms with van der Waals surface area (Å²) < 4.78 is 5.49. The van der Waals surface area contributed by atoms with Gasteiger partial charge in [0.15, 0.2) is 0 Å². The third-order valence-corrected chi connectivity index (χ3v) is 4.72. The zero-order chi connectivity index (χ0) is 12.6. The largest absolute Gasteiger partial charge is 0.379 e. The van der Waals surface area contributed by atoms with Gasteiger partial charge in [-0.15, -0.1) is 0 Å². The van der Waals surface area contributed by atoms with E-state index in [9.17, 15) is 4.79 Å². The summed E-state index contributed by atoms with van der Waals surface area (Å²) in [5.74, 6) is 0.989. The summed E-state index contributed by atoms with van der Waals surface area (Å²) in [7, 11) is 0. The Hall–Kier alpha value is -0.860. The van der Waals surface area contributed by atoms with E-state index >= 15 is 0 Å². The van der Waals surface area contributed by atoms with Gasteiger partial charge >= 0.3 is 0 Å². The van der Waals surface area contributed by atoms with Crippen molar-refractivity contribution in [1.29, 1.82) is 0 Å². The quantitative estimate of drug-likeness (QED) is 0.819. The fraction of sp³-hybridized carbons (Fsp3) is 0.533. The molecule has 1 aromatic rings. The molecule has 96 valence electrons.